The number of rotatable bonds is 7. The lowest BCUT2D eigenvalue weighted by Gasteiger charge is -2.68. The Morgan fingerprint density at radius 3 is 2.58 bits per heavy atom. The van der Waals surface area contributed by atoms with Crippen molar-refractivity contribution >= 4 is 0 Å². The van der Waals surface area contributed by atoms with Gasteiger partial charge in [-0.1, -0.05) is 13.8 Å². The van der Waals surface area contributed by atoms with Crippen molar-refractivity contribution in [1.29, 1.82) is 0 Å². The fourth-order valence-electron chi connectivity index (χ4n) is 4.69. The largest absolute Gasteiger partial charge is 0.382 e. The SMILES string of the molecule is CCC(OCCOC)C12CC(C)CC(C1)N2C(C)C. The summed E-state index contributed by atoms with van der Waals surface area (Å²) in [6.07, 6.45) is 5.47. The first kappa shape index (κ1) is 15.3. The van der Waals surface area contributed by atoms with Crippen LogP contribution in [0.4, 0.5) is 0 Å². The van der Waals surface area contributed by atoms with E-state index < -0.39 is 0 Å². The van der Waals surface area contributed by atoms with Crippen LogP contribution in [0.3, 0.4) is 0 Å². The molecule has 4 atom stereocenters. The minimum Gasteiger partial charge on any atom is -0.382 e. The van der Waals surface area contributed by atoms with Gasteiger partial charge in [-0.3, -0.25) is 4.90 Å². The van der Waals surface area contributed by atoms with Crippen LogP contribution in [0.1, 0.15) is 53.4 Å². The Balaban J connectivity index is 2.08. The molecule has 1 aliphatic carbocycles. The van der Waals surface area contributed by atoms with E-state index in [1.165, 1.54) is 19.3 Å². The highest BCUT2D eigenvalue weighted by molar-refractivity contribution is 5.15. The summed E-state index contributed by atoms with van der Waals surface area (Å²) in [5.74, 6) is 0.842. The summed E-state index contributed by atoms with van der Waals surface area (Å²) in [7, 11) is 1.74. The minimum absolute atomic E-state index is 0.305. The van der Waals surface area contributed by atoms with Gasteiger partial charge in [0.2, 0.25) is 0 Å². The highest BCUT2D eigenvalue weighted by atomic mass is 16.5. The molecule has 1 saturated carbocycles. The first-order valence-electron chi connectivity index (χ1n) is 7.94. The van der Waals surface area contributed by atoms with Gasteiger partial charge in [0.15, 0.2) is 0 Å². The normalized spacial score (nSPS) is 36.3. The molecule has 2 heterocycles. The second kappa shape index (κ2) is 6.11. The number of nitrogens with zero attached hydrogens (tertiary/aromatic N) is 1. The fourth-order valence-corrected chi connectivity index (χ4v) is 4.69. The third kappa shape index (κ3) is 2.70. The molecule has 3 fully saturated rings. The standard InChI is InChI=1S/C16H31NO2/c1-6-15(19-8-7-18-5)16-10-13(4)9-14(11-16)17(16)12(2)3/h12-15H,6-11H2,1-5H3. The van der Waals surface area contributed by atoms with Crippen molar-refractivity contribution in [3.8, 4) is 0 Å². The van der Waals surface area contributed by atoms with Gasteiger partial charge in [0.1, 0.15) is 0 Å². The highest BCUT2D eigenvalue weighted by Crippen LogP contribution is 2.53. The van der Waals surface area contributed by atoms with Crippen LogP contribution in [0, 0.1) is 5.92 Å². The van der Waals surface area contributed by atoms with E-state index in [4.69, 9.17) is 9.47 Å². The van der Waals surface area contributed by atoms with Crippen LogP contribution in [0.15, 0.2) is 0 Å². The van der Waals surface area contributed by atoms with Crippen LogP contribution in [-0.2, 0) is 9.47 Å². The zero-order valence-electron chi connectivity index (χ0n) is 13.3. The van der Waals surface area contributed by atoms with Gasteiger partial charge < -0.3 is 9.47 Å². The first-order chi connectivity index (χ1) is 9.05. The van der Waals surface area contributed by atoms with Gasteiger partial charge >= 0.3 is 0 Å². The first-order valence-corrected chi connectivity index (χ1v) is 7.94. The zero-order valence-corrected chi connectivity index (χ0v) is 13.3. The molecule has 3 rings (SSSR count). The molecule has 0 radical (unpaired) electrons. The molecule has 2 saturated heterocycles. The Labute approximate surface area is 118 Å². The maximum Gasteiger partial charge on any atom is 0.0758 e. The molecule has 0 aromatic rings. The second-order valence-electron chi connectivity index (χ2n) is 6.77. The van der Waals surface area contributed by atoms with Crippen LogP contribution >= 0.6 is 0 Å². The van der Waals surface area contributed by atoms with Gasteiger partial charge in [-0.15, -0.1) is 0 Å². The molecular formula is C16H31NO2. The van der Waals surface area contributed by atoms with E-state index in [1.807, 2.05) is 0 Å². The molecule has 4 unspecified atom stereocenters. The lowest BCUT2D eigenvalue weighted by atomic mass is 9.60. The van der Waals surface area contributed by atoms with Crippen molar-refractivity contribution in [2.24, 2.45) is 5.92 Å². The molecule has 2 bridgehead atoms. The zero-order chi connectivity index (χ0) is 14.0. The average molecular weight is 269 g/mol. The number of methoxy groups -OCH3 is 1. The second-order valence-corrected chi connectivity index (χ2v) is 6.77. The lowest BCUT2D eigenvalue weighted by Crippen LogP contribution is -2.76. The van der Waals surface area contributed by atoms with Crippen LogP contribution in [0.5, 0.6) is 0 Å². The van der Waals surface area contributed by atoms with E-state index in [2.05, 4.69) is 32.6 Å². The van der Waals surface area contributed by atoms with Crippen LogP contribution in [-0.4, -0.2) is 49.0 Å². The topological polar surface area (TPSA) is 21.7 Å². The number of hydrogen-bond donors (Lipinski definition) is 0. The molecule has 0 N–H and O–H groups in total. The minimum atomic E-state index is 0.305. The van der Waals surface area contributed by atoms with Crippen LogP contribution in [0.2, 0.25) is 0 Å². The van der Waals surface area contributed by atoms with Crippen molar-refractivity contribution in [3.63, 3.8) is 0 Å². The third-order valence-corrected chi connectivity index (χ3v) is 5.01. The summed E-state index contributed by atoms with van der Waals surface area (Å²) < 4.78 is 11.3. The molecule has 0 aromatic heterocycles. The molecule has 3 heteroatoms. The Morgan fingerprint density at radius 1 is 1.26 bits per heavy atom. The summed E-state index contributed by atoms with van der Waals surface area (Å²) >= 11 is 0. The van der Waals surface area contributed by atoms with Gasteiger partial charge in [0.25, 0.3) is 0 Å². The van der Waals surface area contributed by atoms with E-state index in [0.717, 1.165) is 25.0 Å². The predicted octanol–water partition coefficient (Wildman–Crippen LogP) is 3.08. The molecule has 0 aromatic carbocycles. The van der Waals surface area contributed by atoms with E-state index in [9.17, 15) is 0 Å². The number of piperidine rings is 1. The van der Waals surface area contributed by atoms with Crippen molar-refractivity contribution in [1.82, 2.24) is 4.90 Å². The summed E-state index contributed by atoms with van der Waals surface area (Å²) in [6, 6.07) is 1.43. The fraction of sp³-hybridized carbons (Fsp3) is 1.00. The summed E-state index contributed by atoms with van der Waals surface area (Å²) in [6.45, 7) is 10.8. The maximum atomic E-state index is 6.17. The molecule has 0 amide bonds. The molecule has 3 nitrogen and oxygen atoms in total. The van der Waals surface area contributed by atoms with E-state index in [0.29, 0.717) is 24.3 Å². The van der Waals surface area contributed by atoms with Gasteiger partial charge in [-0.2, -0.15) is 0 Å². The Morgan fingerprint density at radius 2 is 2.00 bits per heavy atom. The Kier molecular flexibility index (Phi) is 4.91. The maximum absolute atomic E-state index is 6.17. The van der Waals surface area contributed by atoms with E-state index in [-0.39, 0.29) is 0 Å². The summed E-state index contributed by atoms with van der Waals surface area (Å²) in [5.41, 5.74) is 0.305. The number of fused-ring (bicyclic) bond motifs is 2. The Hall–Kier alpha value is -0.120. The molecule has 19 heavy (non-hydrogen) atoms. The van der Waals surface area contributed by atoms with Crippen molar-refractivity contribution in [3.05, 3.63) is 0 Å². The Bertz CT molecular complexity index is 294. The molecule has 2 aliphatic heterocycles. The smallest absolute Gasteiger partial charge is 0.0758 e. The molecule has 112 valence electrons. The number of ether oxygens (including phenoxy) is 2. The van der Waals surface area contributed by atoms with E-state index >= 15 is 0 Å². The quantitative estimate of drug-likeness (QED) is 0.663. The monoisotopic (exact) mass is 269 g/mol. The van der Waals surface area contributed by atoms with Gasteiger partial charge in [0, 0.05) is 24.7 Å². The lowest BCUT2D eigenvalue weighted by molar-refractivity contribution is -0.213. The van der Waals surface area contributed by atoms with Gasteiger partial charge in [0.05, 0.1) is 19.3 Å². The predicted molar refractivity (Wildman–Crippen MR) is 78.4 cm³/mol. The van der Waals surface area contributed by atoms with Crippen molar-refractivity contribution < 1.29 is 9.47 Å². The molecule has 3 aliphatic rings. The summed E-state index contributed by atoms with van der Waals surface area (Å²) in [5, 5.41) is 0. The van der Waals surface area contributed by atoms with Gasteiger partial charge in [-0.05, 0) is 45.4 Å². The third-order valence-electron chi connectivity index (χ3n) is 5.01. The van der Waals surface area contributed by atoms with Crippen LogP contribution in [0.25, 0.3) is 0 Å². The number of hydrogen-bond acceptors (Lipinski definition) is 3. The van der Waals surface area contributed by atoms with Crippen molar-refractivity contribution in [2.45, 2.75) is 77.1 Å². The van der Waals surface area contributed by atoms with Crippen LogP contribution < -0.4 is 0 Å². The highest BCUT2D eigenvalue weighted by Gasteiger charge is 2.60. The summed E-state index contributed by atoms with van der Waals surface area (Å²) in [4.78, 5) is 2.74. The average Bonchev–Trinajstić information content (AvgIpc) is 2.32. The van der Waals surface area contributed by atoms with Crippen molar-refractivity contribution in [2.75, 3.05) is 20.3 Å². The molecule has 0 spiro atoms. The molecular weight excluding hydrogens is 238 g/mol. The van der Waals surface area contributed by atoms with E-state index in [1.54, 1.807) is 7.11 Å². The van der Waals surface area contributed by atoms with Gasteiger partial charge in [-0.25, -0.2) is 0 Å².